The predicted octanol–water partition coefficient (Wildman–Crippen LogP) is 3.33. The minimum absolute atomic E-state index is 0.0336. The number of imidazole rings is 1. The Hall–Kier alpha value is -1.61. The maximum atomic E-state index is 6.06. The first-order valence-electron chi connectivity index (χ1n) is 6.97. The van der Waals surface area contributed by atoms with Crippen molar-refractivity contribution >= 4 is 0 Å². The molecule has 102 valence electrons. The molecule has 0 unspecified atom stereocenters. The molecule has 1 aromatic heterocycles. The third kappa shape index (κ3) is 2.30. The van der Waals surface area contributed by atoms with Gasteiger partial charge < -0.3 is 10.3 Å². The molecule has 1 heterocycles. The average Bonchev–Trinajstić information content (AvgIpc) is 2.92. The van der Waals surface area contributed by atoms with Gasteiger partial charge in [-0.1, -0.05) is 38.1 Å². The van der Waals surface area contributed by atoms with E-state index in [1.807, 2.05) is 12.5 Å². The molecule has 0 radical (unpaired) electrons. The van der Waals surface area contributed by atoms with Gasteiger partial charge in [-0.3, -0.25) is 0 Å². The molecule has 0 spiro atoms. The highest BCUT2D eigenvalue weighted by atomic mass is 15.1. The third-order valence-corrected chi connectivity index (χ3v) is 4.27. The van der Waals surface area contributed by atoms with Gasteiger partial charge in [0.05, 0.1) is 23.8 Å². The van der Waals surface area contributed by atoms with Crippen molar-refractivity contribution in [2.45, 2.75) is 39.2 Å². The van der Waals surface area contributed by atoms with Crippen LogP contribution in [0.1, 0.15) is 32.3 Å². The van der Waals surface area contributed by atoms with Crippen LogP contribution in [0.25, 0.3) is 11.3 Å². The Balaban J connectivity index is 2.57. The number of nitrogens with two attached hydrogens (primary N) is 1. The lowest BCUT2D eigenvalue weighted by atomic mass is 9.91. The van der Waals surface area contributed by atoms with Crippen molar-refractivity contribution in [1.29, 1.82) is 0 Å². The standard InChI is InChI=1S/C16H23N3/c1-4-16(5-2,11-17)19-12-18-10-15(19)14-9-7-6-8-13(14)3/h6-10,12H,4-5,11,17H2,1-3H3. The minimum Gasteiger partial charge on any atom is -0.328 e. The molecule has 0 fully saturated rings. The molecule has 2 aromatic rings. The number of rotatable bonds is 5. The minimum atomic E-state index is -0.0336. The molecule has 3 nitrogen and oxygen atoms in total. The van der Waals surface area contributed by atoms with E-state index in [9.17, 15) is 0 Å². The Morgan fingerprint density at radius 3 is 2.47 bits per heavy atom. The molecule has 0 atom stereocenters. The highest BCUT2D eigenvalue weighted by Crippen LogP contribution is 2.31. The Labute approximate surface area is 115 Å². The topological polar surface area (TPSA) is 43.8 Å². The fourth-order valence-corrected chi connectivity index (χ4v) is 2.71. The monoisotopic (exact) mass is 257 g/mol. The fourth-order valence-electron chi connectivity index (χ4n) is 2.71. The van der Waals surface area contributed by atoms with Crippen LogP contribution in [0.2, 0.25) is 0 Å². The quantitative estimate of drug-likeness (QED) is 0.893. The summed E-state index contributed by atoms with van der Waals surface area (Å²) in [6.07, 6.45) is 5.88. The van der Waals surface area contributed by atoms with Crippen molar-refractivity contribution < 1.29 is 0 Å². The predicted molar refractivity (Wildman–Crippen MR) is 80.0 cm³/mol. The van der Waals surface area contributed by atoms with Gasteiger partial charge in [0.2, 0.25) is 0 Å². The van der Waals surface area contributed by atoms with Gasteiger partial charge in [-0.25, -0.2) is 4.98 Å². The van der Waals surface area contributed by atoms with Crippen molar-refractivity contribution in [3.8, 4) is 11.3 Å². The van der Waals surface area contributed by atoms with Crippen molar-refractivity contribution in [3.63, 3.8) is 0 Å². The van der Waals surface area contributed by atoms with E-state index in [4.69, 9.17) is 5.73 Å². The van der Waals surface area contributed by atoms with Crippen molar-refractivity contribution in [3.05, 3.63) is 42.4 Å². The van der Waals surface area contributed by atoms with Crippen LogP contribution in [-0.2, 0) is 5.54 Å². The highest BCUT2D eigenvalue weighted by molar-refractivity contribution is 5.63. The first kappa shape index (κ1) is 13.8. The fraction of sp³-hybridized carbons (Fsp3) is 0.438. The Kier molecular flexibility index (Phi) is 4.05. The molecule has 2 N–H and O–H groups in total. The molecule has 0 saturated heterocycles. The third-order valence-electron chi connectivity index (χ3n) is 4.27. The smallest absolute Gasteiger partial charge is 0.0956 e. The van der Waals surface area contributed by atoms with Crippen LogP contribution in [0, 0.1) is 6.92 Å². The van der Waals surface area contributed by atoms with Gasteiger partial charge in [0.15, 0.2) is 0 Å². The highest BCUT2D eigenvalue weighted by Gasteiger charge is 2.28. The van der Waals surface area contributed by atoms with Gasteiger partial charge in [-0.2, -0.15) is 0 Å². The second-order valence-electron chi connectivity index (χ2n) is 5.10. The molecule has 0 aliphatic heterocycles. The molecule has 19 heavy (non-hydrogen) atoms. The summed E-state index contributed by atoms with van der Waals surface area (Å²) in [4.78, 5) is 4.36. The number of hydrogen-bond acceptors (Lipinski definition) is 2. The number of aryl methyl sites for hydroxylation is 1. The zero-order valence-electron chi connectivity index (χ0n) is 12.1. The van der Waals surface area contributed by atoms with Gasteiger partial charge in [0.25, 0.3) is 0 Å². The lowest BCUT2D eigenvalue weighted by Gasteiger charge is -2.34. The summed E-state index contributed by atoms with van der Waals surface area (Å²) >= 11 is 0. The lowest BCUT2D eigenvalue weighted by Crippen LogP contribution is -2.40. The Bertz CT molecular complexity index is 530. The zero-order chi connectivity index (χ0) is 13.9. The Morgan fingerprint density at radius 1 is 1.21 bits per heavy atom. The summed E-state index contributed by atoms with van der Waals surface area (Å²) in [5.74, 6) is 0. The van der Waals surface area contributed by atoms with E-state index < -0.39 is 0 Å². The lowest BCUT2D eigenvalue weighted by molar-refractivity contribution is 0.274. The van der Waals surface area contributed by atoms with Gasteiger partial charge in [0, 0.05) is 12.1 Å². The molecule has 0 aliphatic rings. The van der Waals surface area contributed by atoms with Crippen LogP contribution in [0.5, 0.6) is 0 Å². The number of aromatic nitrogens is 2. The van der Waals surface area contributed by atoms with Crippen molar-refractivity contribution in [1.82, 2.24) is 9.55 Å². The first-order valence-corrected chi connectivity index (χ1v) is 6.97. The van der Waals surface area contributed by atoms with Crippen LogP contribution in [0.15, 0.2) is 36.8 Å². The summed E-state index contributed by atoms with van der Waals surface area (Å²) < 4.78 is 2.26. The number of hydrogen-bond donors (Lipinski definition) is 1. The Morgan fingerprint density at radius 2 is 1.89 bits per heavy atom. The second-order valence-corrected chi connectivity index (χ2v) is 5.10. The molecule has 3 heteroatoms. The van der Waals surface area contributed by atoms with Crippen LogP contribution < -0.4 is 5.73 Å². The van der Waals surface area contributed by atoms with Crippen LogP contribution >= 0.6 is 0 Å². The van der Waals surface area contributed by atoms with E-state index in [-0.39, 0.29) is 5.54 Å². The molecule has 0 saturated carbocycles. The average molecular weight is 257 g/mol. The number of nitrogens with zero attached hydrogens (tertiary/aromatic N) is 2. The van der Waals surface area contributed by atoms with E-state index in [1.165, 1.54) is 11.1 Å². The largest absolute Gasteiger partial charge is 0.328 e. The molecule has 0 bridgehead atoms. The van der Waals surface area contributed by atoms with E-state index in [0.717, 1.165) is 18.5 Å². The van der Waals surface area contributed by atoms with Gasteiger partial charge in [-0.15, -0.1) is 0 Å². The molecule has 2 rings (SSSR count). The summed E-state index contributed by atoms with van der Waals surface area (Å²) in [7, 11) is 0. The summed E-state index contributed by atoms with van der Waals surface area (Å²) in [6, 6.07) is 8.42. The van der Waals surface area contributed by atoms with E-state index in [2.05, 4.69) is 54.6 Å². The maximum absolute atomic E-state index is 6.06. The van der Waals surface area contributed by atoms with Gasteiger partial charge in [0.1, 0.15) is 0 Å². The van der Waals surface area contributed by atoms with E-state index >= 15 is 0 Å². The molecule has 1 aromatic carbocycles. The SMILES string of the molecule is CCC(CC)(CN)n1cncc1-c1ccccc1C. The van der Waals surface area contributed by atoms with Gasteiger partial charge >= 0.3 is 0 Å². The summed E-state index contributed by atoms with van der Waals surface area (Å²) in [6.45, 7) is 7.15. The van der Waals surface area contributed by atoms with Crippen LogP contribution in [0.3, 0.4) is 0 Å². The first-order chi connectivity index (χ1) is 9.18. The van der Waals surface area contributed by atoms with E-state index in [0.29, 0.717) is 6.54 Å². The maximum Gasteiger partial charge on any atom is 0.0956 e. The molecular weight excluding hydrogens is 234 g/mol. The van der Waals surface area contributed by atoms with Crippen molar-refractivity contribution in [2.75, 3.05) is 6.54 Å². The van der Waals surface area contributed by atoms with Crippen LogP contribution in [0.4, 0.5) is 0 Å². The molecular formula is C16H23N3. The van der Waals surface area contributed by atoms with E-state index in [1.54, 1.807) is 0 Å². The zero-order valence-corrected chi connectivity index (χ0v) is 12.1. The van der Waals surface area contributed by atoms with Crippen LogP contribution in [-0.4, -0.2) is 16.1 Å². The van der Waals surface area contributed by atoms with Crippen molar-refractivity contribution in [2.24, 2.45) is 5.73 Å². The number of benzene rings is 1. The second kappa shape index (κ2) is 5.57. The molecule has 0 aliphatic carbocycles. The summed E-state index contributed by atoms with van der Waals surface area (Å²) in [5, 5.41) is 0. The summed E-state index contributed by atoms with van der Waals surface area (Å²) in [5.41, 5.74) is 9.68. The molecule has 0 amide bonds. The normalized spacial score (nSPS) is 11.8. The van der Waals surface area contributed by atoms with Gasteiger partial charge in [-0.05, 0) is 25.3 Å².